The van der Waals surface area contributed by atoms with Crippen molar-refractivity contribution in [2.24, 2.45) is 5.73 Å². The zero-order valence-corrected chi connectivity index (χ0v) is 13.9. The van der Waals surface area contributed by atoms with Gasteiger partial charge >= 0.3 is 0 Å². The molecule has 1 aromatic rings. The van der Waals surface area contributed by atoms with E-state index in [9.17, 15) is 0 Å². The molecule has 2 N–H and O–H groups in total. The van der Waals surface area contributed by atoms with Crippen molar-refractivity contribution in [3.05, 3.63) is 33.8 Å². The fourth-order valence-electron chi connectivity index (χ4n) is 2.33. The first kappa shape index (κ1) is 17.7. The fraction of sp³-hybridized carbons (Fsp3) is 0.600. The second-order valence-electron chi connectivity index (χ2n) is 4.91. The molecule has 3 nitrogen and oxygen atoms in total. The van der Waals surface area contributed by atoms with Crippen molar-refractivity contribution >= 4 is 23.2 Å². The van der Waals surface area contributed by atoms with E-state index >= 15 is 0 Å². The third kappa shape index (κ3) is 4.61. The molecule has 114 valence electrons. The molecule has 2 unspecified atom stereocenters. The van der Waals surface area contributed by atoms with Gasteiger partial charge in [-0.3, -0.25) is 4.90 Å². The van der Waals surface area contributed by atoms with E-state index in [-0.39, 0.29) is 6.04 Å². The third-order valence-electron chi connectivity index (χ3n) is 3.65. The van der Waals surface area contributed by atoms with Crippen molar-refractivity contribution in [1.82, 2.24) is 4.90 Å². The van der Waals surface area contributed by atoms with Gasteiger partial charge in [-0.1, -0.05) is 30.1 Å². The van der Waals surface area contributed by atoms with Crippen LogP contribution in [0.3, 0.4) is 0 Å². The summed E-state index contributed by atoms with van der Waals surface area (Å²) in [5.41, 5.74) is 6.99. The molecule has 0 heterocycles. The van der Waals surface area contributed by atoms with Gasteiger partial charge in [0.15, 0.2) is 0 Å². The van der Waals surface area contributed by atoms with Crippen LogP contribution >= 0.6 is 23.2 Å². The fourth-order valence-corrected chi connectivity index (χ4v) is 2.75. The number of rotatable bonds is 8. The van der Waals surface area contributed by atoms with Crippen LogP contribution in [0.2, 0.25) is 10.0 Å². The van der Waals surface area contributed by atoms with Crippen LogP contribution in [-0.4, -0.2) is 37.7 Å². The molecule has 1 rings (SSSR count). The van der Waals surface area contributed by atoms with Gasteiger partial charge in [0.05, 0.1) is 6.61 Å². The quantitative estimate of drug-likeness (QED) is 0.793. The first-order valence-electron chi connectivity index (χ1n) is 6.94. The molecule has 0 aliphatic carbocycles. The highest BCUT2D eigenvalue weighted by Crippen LogP contribution is 2.31. The summed E-state index contributed by atoms with van der Waals surface area (Å²) in [6, 6.07) is 5.97. The largest absolute Gasteiger partial charge is 0.383 e. The van der Waals surface area contributed by atoms with Crippen LogP contribution in [0.25, 0.3) is 0 Å². The molecule has 5 heteroatoms. The average molecular weight is 319 g/mol. The maximum absolute atomic E-state index is 6.32. The minimum absolute atomic E-state index is 0.0475. The van der Waals surface area contributed by atoms with Crippen molar-refractivity contribution in [1.29, 1.82) is 0 Å². The zero-order valence-electron chi connectivity index (χ0n) is 12.4. The Morgan fingerprint density at radius 2 is 2.05 bits per heavy atom. The molecule has 1 aromatic carbocycles. The van der Waals surface area contributed by atoms with Gasteiger partial charge in [0.2, 0.25) is 0 Å². The number of nitrogens with two attached hydrogens (primary N) is 1. The molecule has 0 amide bonds. The van der Waals surface area contributed by atoms with Crippen LogP contribution in [0.15, 0.2) is 18.2 Å². The SMILES string of the molecule is CCC(C)N(CCOC)C(CN)c1cc(Cl)ccc1Cl. The highest BCUT2D eigenvalue weighted by atomic mass is 35.5. The second kappa shape index (κ2) is 8.85. The van der Waals surface area contributed by atoms with Crippen molar-refractivity contribution < 1.29 is 4.74 Å². The summed E-state index contributed by atoms with van der Waals surface area (Å²) in [5.74, 6) is 0. The molecule has 0 saturated heterocycles. The third-order valence-corrected chi connectivity index (χ3v) is 4.23. The van der Waals surface area contributed by atoms with E-state index in [1.807, 2.05) is 12.1 Å². The summed E-state index contributed by atoms with van der Waals surface area (Å²) < 4.78 is 5.21. The standard InChI is InChI=1S/C15H24Cl2N2O/c1-4-11(2)19(7-8-20-3)15(10-18)13-9-12(16)5-6-14(13)17/h5-6,9,11,15H,4,7-8,10,18H2,1-3H3. The lowest BCUT2D eigenvalue weighted by Crippen LogP contribution is -2.41. The summed E-state index contributed by atoms with van der Waals surface area (Å²) in [6.07, 6.45) is 1.04. The van der Waals surface area contributed by atoms with E-state index < -0.39 is 0 Å². The molecule has 0 bridgehead atoms. The van der Waals surface area contributed by atoms with E-state index in [1.165, 1.54) is 0 Å². The van der Waals surface area contributed by atoms with Crippen LogP contribution < -0.4 is 5.73 Å². The molecule has 0 saturated carbocycles. The minimum atomic E-state index is 0.0475. The maximum atomic E-state index is 6.32. The Morgan fingerprint density at radius 1 is 1.35 bits per heavy atom. The lowest BCUT2D eigenvalue weighted by molar-refractivity contribution is 0.0903. The molecule has 0 fully saturated rings. The van der Waals surface area contributed by atoms with Gasteiger partial charge in [0.25, 0.3) is 0 Å². The summed E-state index contributed by atoms with van der Waals surface area (Å²) in [7, 11) is 1.71. The van der Waals surface area contributed by atoms with Gasteiger partial charge in [-0.05, 0) is 37.1 Å². The molecule has 20 heavy (non-hydrogen) atoms. The van der Waals surface area contributed by atoms with Crippen LogP contribution in [0.1, 0.15) is 31.9 Å². The molecule has 0 aliphatic heterocycles. The van der Waals surface area contributed by atoms with Crippen LogP contribution in [0, 0.1) is 0 Å². The molecular weight excluding hydrogens is 295 g/mol. The maximum Gasteiger partial charge on any atom is 0.0590 e. The summed E-state index contributed by atoms with van der Waals surface area (Å²) in [5, 5.41) is 1.38. The summed E-state index contributed by atoms with van der Waals surface area (Å²) >= 11 is 12.4. The average Bonchev–Trinajstić information content (AvgIpc) is 2.45. The van der Waals surface area contributed by atoms with E-state index in [2.05, 4.69) is 18.7 Å². The second-order valence-corrected chi connectivity index (χ2v) is 5.75. The Labute approximate surface area is 132 Å². The highest BCUT2D eigenvalue weighted by molar-refractivity contribution is 6.33. The predicted octanol–water partition coefficient (Wildman–Crippen LogP) is 3.74. The lowest BCUT2D eigenvalue weighted by atomic mass is 10.0. The molecule has 0 radical (unpaired) electrons. The van der Waals surface area contributed by atoms with Crippen molar-refractivity contribution in [2.45, 2.75) is 32.4 Å². The monoisotopic (exact) mass is 318 g/mol. The van der Waals surface area contributed by atoms with Gasteiger partial charge in [-0.25, -0.2) is 0 Å². The van der Waals surface area contributed by atoms with Crippen LogP contribution in [0.4, 0.5) is 0 Å². The molecule has 0 aromatic heterocycles. The minimum Gasteiger partial charge on any atom is -0.383 e. The Kier molecular flexibility index (Phi) is 7.85. The topological polar surface area (TPSA) is 38.5 Å². The van der Waals surface area contributed by atoms with Crippen LogP contribution in [-0.2, 0) is 4.74 Å². The van der Waals surface area contributed by atoms with Crippen molar-refractivity contribution in [2.75, 3.05) is 26.8 Å². The van der Waals surface area contributed by atoms with Crippen LogP contribution in [0.5, 0.6) is 0 Å². The smallest absolute Gasteiger partial charge is 0.0590 e. The van der Waals surface area contributed by atoms with Gasteiger partial charge in [-0.2, -0.15) is 0 Å². The number of hydrogen-bond donors (Lipinski definition) is 1. The predicted molar refractivity (Wildman–Crippen MR) is 86.6 cm³/mol. The Hall–Kier alpha value is -0.320. The first-order valence-corrected chi connectivity index (χ1v) is 7.70. The van der Waals surface area contributed by atoms with E-state index in [0.29, 0.717) is 29.2 Å². The summed E-state index contributed by atoms with van der Waals surface area (Å²) in [6.45, 7) is 6.33. The van der Waals surface area contributed by atoms with E-state index in [0.717, 1.165) is 18.5 Å². The number of methoxy groups -OCH3 is 1. The Bertz CT molecular complexity index is 415. The Morgan fingerprint density at radius 3 is 2.60 bits per heavy atom. The molecule has 0 spiro atoms. The first-order chi connectivity index (χ1) is 9.54. The number of hydrogen-bond acceptors (Lipinski definition) is 3. The number of nitrogens with zero attached hydrogens (tertiary/aromatic N) is 1. The molecular formula is C15H24Cl2N2O. The van der Waals surface area contributed by atoms with Gasteiger partial charge in [0.1, 0.15) is 0 Å². The molecule has 2 atom stereocenters. The number of benzene rings is 1. The zero-order chi connectivity index (χ0) is 15.1. The number of halogens is 2. The van der Waals surface area contributed by atoms with Gasteiger partial charge in [-0.15, -0.1) is 0 Å². The summed E-state index contributed by atoms with van der Waals surface area (Å²) in [4.78, 5) is 2.33. The van der Waals surface area contributed by atoms with Gasteiger partial charge in [0, 0.05) is 42.3 Å². The lowest BCUT2D eigenvalue weighted by Gasteiger charge is -2.36. The highest BCUT2D eigenvalue weighted by Gasteiger charge is 2.24. The molecule has 0 aliphatic rings. The normalized spacial score (nSPS) is 14.6. The van der Waals surface area contributed by atoms with E-state index in [4.69, 9.17) is 33.7 Å². The van der Waals surface area contributed by atoms with E-state index in [1.54, 1.807) is 13.2 Å². The van der Waals surface area contributed by atoms with Crippen molar-refractivity contribution in [3.8, 4) is 0 Å². The van der Waals surface area contributed by atoms with Crippen molar-refractivity contribution in [3.63, 3.8) is 0 Å². The Balaban J connectivity index is 3.07. The number of ether oxygens (including phenoxy) is 1. The van der Waals surface area contributed by atoms with Gasteiger partial charge < -0.3 is 10.5 Å².